The molecule has 5 heteroatoms. The molecule has 0 saturated carbocycles. The van der Waals surface area contributed by atoms with E-state index in [1.165, 1.54) is 13.2 Å². The molecular weight excluding hydrogens is 269 g/mol. The van der Waals surface area contributed by atoms with E-state index < -0.39 is 0 Å². The highest BCUT2D eigenvalue weighted by molar-refractivity contribution is 5.29. The van der Waals surface area contributed by atoms with Crippen molar-refractivity contribution < 1.29 is 9.13 Å². The molecule has 1 aromatic heterocycles. The summed E-state index contributed by atoms with van der Waals surface area (Å²) in [6.45, 7) is 7.55. The lowest BCUT2D eigenvalue weighted by molar-refractivity contribution is 0.386. The fourth-order valence-corrected chi connectivity index (χ4v) is 2.12. The number of nitrogens with zero attached hydrogens (tertiary/aromatic N) is 2. The first-order valence-electron chi connectivity index (χ1n) is 7.08. The lowest BCUT2D eigenvalue weighted by Gasteiger charge is -2.06. The van der Waals surface area contributed by atoms with Crippen molar-refractivity contribution in [1.29, 1.82) is 0 Å². The van der Waals surface area contributed by atoms with Gasteiger partial charge in [-0.25, -0.2) is 4.39 Å². The molecule has 4 nitrogen and oxygen atoms in total. The maximum absolute atomic E-state index is 13.7. The second kappa shape index (κ2) is 6.72. The summed E-state index contributed by atoms with van der Waals surface area (Å²) in [5, 5.41) is 7.85. The first-order valence-corrected chi connectivity index (χ1v) is 7.08. The smallest absolute Gasteiger partial charge is 0.165 e. The molecule has 1 heterocycles. The molecule has 2 rings (SSSR count). The van der Waals surface area contributed by atoms with E-state index in [4.69, 9.17) is 4.74 Å². The molecule has 0 saturated heterocycles. The Bertz CT molecular complexity index is 608. The average molecular weight is 291 g/mol. The molecule has 0 radical (unpaired) electrons. The van der Waals surface area contributed by atoms with Crippen molar-refractivity contribution in [3.8, 4) is 5.75 Å². The summed E-state index contributed by atoms with van der Waals surface area (Å²) in [4.78, 5) is 0. The monoisotopic (exact) mass is 291 g/mol. The van der Waals surface area contributed by atoms with Crippen molar-refractivity contribution in [2.75, 3.05) is 7.11 Å². The first kappa shape index (κ1) is 15.5. The van der Waals surface area contributed by atoms with Gasteiger partial charge in [-0.2, -0.15) is 5.10 Å². The Hall–Kier alpha value is -1.88. The van der Waals surface area contributed by atoms with Crippen molar-refractivity contribution in [3.05, 3.63) is 47.0 Å². The van der Waals surface area contributed by atoms with Gasteiger partial charge in [0.25, 0.3) is 0 Å². The molecule has 1 aromatic carbocycles. The van der Waals surface area contributed by atoms with Gasteiger partial charge < -0.3 is 10.1 Å². The Balaban J connectivity index is 2.09. The number of nitrogens with one attached hydrogen (secondary N) is 1. The molecule has 0 aliphatic rings. The van der Waals surface area contributed by atoms with Gasteiger partial charge in [0.1, 0.15) is 0 Å². The average Bonchev–Trinajstić information content (AvgIpc) is 2.76. The minimum atomic E-state index is -0.347. The van der Waals surface area contributed by atoms with Crippen LogP contribution in [0, 0.1) is 12.7 Å². The Morgan fingerprint density at radius 2 is 2.14 bits per heavy atom. The lowest BCUT2D eigenvalue weighted by atomic mass is 10.2. The van der Waals surface area contributed by atoms with Crippen molar-refractivity contribution in [2.24, 2.45) is 0 Å². The quantitative estimate of drug-likeness (QED) is 0.889. The first-order chi connectivity index (χ1) is 9.99. The van der Waals surface area contributed by atoms with E-state index in [9.17, 15) is 4.39 Å². The van der Waals surface area contributed by atoms with Crippen LogP contribution in [0.5, 0.6) is 5.75 Å². The molecule has 0 unspecified atom stereocenters. The van der Waals surface area contributed by atoms with Crippen LogP contribution < -0.4 is 10.1 Å². The molecule has 0 aliphatic heterocycles. The fourth-order valence-electron chi connectivity index (χ4n) is 2.12. The fraction of sp³-hybridized carbons (Fsp3) is 0.438. The van der Waals surface area contributed by atoms with Gasteiger partial charge in [0.2, 0.25) is 0 Å². The van der Waals surface area contributed by atoms with E-state index in [2.05, 4.69) is 24.3 Å². The van der Waals surface area contributed by atoms with Crippen LogP contribution in [0.25, 0.3) is 0 Å². The minimum absolute atomic E-state index is 0.261. The summed E-state index contributed by atoms with van der Waals surface area (Å²) in [5.41, 5.74) is 3.02. The van der Waals surface area contributed by atoms with Crippen LogP contribution in [0.1, 0.15) is 30.7 Å². The zero-order chi connectivity index (χ0) is 15.4. The predicted molar refractivity (Wildman–Crippen MR) is 81.0 cm³/mol. The predicted octanol–water partition coefficient (Wildman–Crippen LogP) is 2.89. The molecule has 0 spiro atoms. The highest BCUT2D eigenvalue weighted by Crippen LogP contribution is 2.18. The van der Waals surface area contributed by atoms with Gasteiger partial charge in [-0.15, -0.1) is 0 Å². The molecule has 2 aromatic rings. The van der Waals surface area contributed by atoms with Crippen LogP contribution >= 0.6 is 0 Å². The SMILES string of the molecule is COc1ccc(Cn2cc(CNC(C)C)c(C)n2)cc1F. The molecule has 21 heavy (non-hydrogen) atoms. The number of benzene rings is 1. The Morgan fingerprint density at radius 1 is 1.38 bits per heavy atom. The summed E-state index contributed by atoms with van der Waals surface area (Å²) in [5.74, 6) is -0.0854. The maximum atomic E-state index is 13.7. The molecular formula is C16H22FN3O. The molecule has 0 atom stereocenters. The number of halogens is 1. The van der Waals surface area contributed by atoms with Crippen molar-refractivity contribution in [1.82, 2.24) is 15.1 Å². The third-order valence-corrected chi connectivity index (χ3v) is 3.31. The van der Waals surface area contributed by atoms with Gasteiger partial charge in [0.15, 0.2) is 11.6 Å². The molecule has 114 valence electrons. The number of rotatable bonds is 6. The van der Waals surface area contributed by atoms with Gasteiger partial charge in [0, 0.05) is 24.3 Å². The van der Waals surface area contributed by atoms with Gasteiger partial charge >= 0.3 is 0 Å². The maximum Gasteiger partial charge on any atom is 0.165 e. The standard InChI is InChI=1S/C16H22FN3O/c1-11(2)18-8-14-10-20(19-12(14)3)9-13-5-6-16(21-4)15(17)7-13/h5-7,10-11,18H,8-9H2,1-4H3. The summed E-state index contributed by atoms with van der Waals surface area (Å²) in [7, 11) is 1.46. The van der Waals surface area contributed by atoms with Crippen molar-refractivity contribution in [2.45, 2.75) is 39.9 Å². The third-order valence-electron chi connectivity index (χ3n) is 3.31. The Kier molecular flexibility index (Phi) is 4.96. The Labute approximate surface area is 124 Å². The third kappa shape index (κ3) is 4.04. The van der Waals surface area contributed by atoms with Crippen molar-refractivity contribution in [3.63, 3.8) is 0 Å². The van der Waals surface area contributed by atoms with Crippen LogP contribution in [-0.4, -0.2) is 22.9 Å². The number of hydrogen-bond donors (Lipinski definition) is 1. The molecule has 0 aliphatic carbocycles. The van der Waals surface area contributed by atoms with E-state index in [0.29, 0.717) is 12.6 Å². The topological polar surface area (TPSA) is 39.1 Å². The van der Waals surface area contributed by atoms with Crippen LogP contribution in [0.15, 0.2) is 24.4 Å². The summed E-state index contributed by atoms with van der Waals surface area (Å²) < 4.78 is 20.4. The van der Waals surface area contributed by atoms with E-state index >= 15 is 0 Å². The minimum Gasteiger partial charge on any atom is -0.494 e. The van der Waals surface area contributed by atoms with Gasteiger partial charge in [0.05, 0.1) is 19.3 Å². The number of methoxy groups -OCH3 is 1. The highest BCUT2D eigenvalue weighted by Gasteiger charge is 2.08. The highest BCUT2D eigenvalue weighted by atomic mass is 19.1. The van der Waals surface area contributed by atoms with Crippen LogP contribution in [-0.2, 0) is 13.1 Å². The largest absolute Gasteiger partial charge is 0.494 e. The molecule has 0 fully saturated rings. The molecule has 1 N–H and O–H groups in total. The number of aromatic nitrogens is 2. The zero-order valence-electron chi connectivity index (χ0n) is 13.0. The summed E-state index contributed by atoms with van der Waals surface area (Å²) in [6, 6.07) is 5.41. The molecule has 0 amide bonds. The number of hydrogen-bond acceptors (Lipinski definition) is 3. The molecule has 0 bridgehead atoms. The van der Waals surface area contributed by atoms with Gasteiger partial charge in [-0.3, -0.25) is 4.68 Å². The van der Waals surface area contributed by atoms with Crippen LogP contribution in [0.2, 0.25) is 0 Å². The Morgan fingerprint density at radius 3 is 2.76 bits per heavy atom. The van der Waals surface area contributed by atoms with Crippen molar-refractivity contribution >= 4 is 0 Å². The van der Waals surface area contributed by atoms with E-state index in [-0.39, 0.29) is 11.6 Å². The number of ether oxygens (including phenoxy) is 1. The van der Waals surface area contributed by atoms with Crippen LogP contribution in [0.4, 0.5) is 4.39 Å². The second-order valence-corrected chi connectivity index (χ2v) is 5.44. The van der Waals surface area contributed by atoms with E-state index in [1.54, 1.807) is 6.07 Å². The second-order valence-electron chi connectivity index (χ2n) is 5.44. The number of aryl methyl sites for hydroxylation is 1. The van der Waals surface area contributed by atoms with E-state index in [0.717, 1.165) is 23.4 Å². The lowest BCUT2D eigenvalue weighted by Crippen LogP contribution is -2.21. The van der Waals surface area contributed by atoms with Gasteiger partial charge in [-0.05, 0) is 24.6 Å². The zero-order valence-corrected chi connectivity index (χ0v) is 13.0. The normalized spacial score (nSPS) is 11.1. The summed E-state index contributed by atoms with van der Waals surface area (Å²) in [6.07, 6.45) is 2.01. The van der Waals surface area contributed by atoms with Gasteiger partial charge in [-0.1, -0.05) is 19.9 Å². The van der Waals surface area contributed by atoms with E-state index in [1.807, 2.05) is 23.9 Å². The van der Waals surface area contributed by atoms with Crippen LogP contribution in [0.3, 0.4) is 0 Å². The summed E-state index contributed by atoms with van der Waals surface area (Å²) >= 11 is 0.